The number of nitrogens with two attached hydrogens (primary N) is 1. The van der Waals surface area contributed by atoms with E-state index >= 15 is 0 Å². The van der Waals surface area contributed by atoms with Crippen molar-refractivity contribution in [1.29, 1.82) is 0 Å². The van der Waals surface area contributed by atoms with Gasteiger partial charge in [0.1, 0.15) is 0 Å². The van der Waals surface area contributed by atoms with Crippen LogP contribution in [0.15, 0.2) is 12.1 Å². The van der Waals surface area contributed by atoms with Crippen molar-refractivity contribution in [2.24, 2.45) is 0 Å². The van der Waals surface area contributed by atoms with Crippen molar-refractivity contribution in [2.45, 2.75) is 13.8 Å². The molecule has 2 rings (SSSR count). The zero-order chi connectivity index (χ0) is 8.72. The fourth-order valence-corrected chi connectivity index (χ4v) is 1.46. The van der Waals surface area contributed by atoms with Gasteiger partial charge in [-0.1, -0.05) is 12.1 Å². The van der Waals surface area contributed by atoms with Gasteiger partial charge in [0.05, 0.1) is 5.52 Å². The van der Waals surface area contributed by atoms with Crippen LogP contribution in [0.25, 0.3) is 10.9 Å². The summed E-state index contributed by atoms with van der Waals surface area (Å²) in [5.41, 5.74) is 9.10. The molecule has 0 unspecified atom stereocenters. The number of H-pyrrole nitrogens is 1. The van der Waals surface area contributed by atoms with Gasteiger partial charge in [-0.15, -0.1) is 0 Å². The lowest BCUT2D eigenvalue weighted by Gasteiger charge is -1.98. The van der Waals surface area contributed by atoms with Crippen LogP contribution < -0.4 is 5.73 Å². The molecule has 3 nitrogen and oxygen atoms in total. The van der Waals surface area contributed by atoms with Gasteiger partial charge in [-0.05, 0) is 25.0 Å². The molecule has 0 fully saturated rings. The summed E-state index contributed by atoms with van der Waals surface area (Å²) in [5, 5.41) is 7.94. The van der Waals surface area contributed by atoms with Crippen LogP contribution in [-0.2, 0) is 0 Å². The second kappa shape index (κ2) is 2.24. The smallest absolute Gasteiger partial charge is 0.153 e. The molecular formula is C9H11N3. The van der Waals surface area contributed by atoms with E-state index in [1.807, 2.05) is 13.8 Å². The highest BCUT2D eigenvalue weighted by atomic mass is 15.1. The Hall–Kier alpha value is -1.51. The number of aryl methyl sites for hydroxylation is 2. The topological polar surface area (TPSA) is 54.7 Å². The third kappa shape index (κ3) is 0.794. The first-order valence-electron chi connectivity index (χ1n) is 3.90. The van der Waals surface area contributed by atoms with Crippen LogP contribution in [0, 0.1) is 13.8 Å². The minimum atomic E-state index is 0.589. The van der Waals surface area contributed by atoms with Crippen LogP contribution in [0.4, 0.5) is 5.82 Å². The molecule has 1 aromatic carbocycles. The Morgan fingerprint density at radius 1 is 1.25 bits per heavy atom. The van der Waals surface area contributed by atoms with Crippen LogP contribution in [-0.4, -0.2) is 10.2 Å². The quantitative estimate of drug-likeness (QED) is 0.618. The predicted molar refractivity (Wildman–Crippen MR) is 50.0 cm³/mol. The van der Waals surface area contributed by atoms with Crippen LogP contribution in [0.3, 0.4) is 0 Å². The number of aromatic nitrogens is 2. The molecule has 1 aromatic heterocycles. The predicted octanol–water partition coefficient (Wildman–Crippen LogP) is 1.76. The first-order chi connectivity index (χ1) is 5.70. The molecule has 0 saturated heterocycles. The van der Waals surface area contributed by atoms with Crippen molar-refractivity contribution in [2.75, 3.05) is 5.73 Å². The number of aromatic amines is 1. The molecule has 0 aliphatic heterocycles. The van der Waals surface area contributed by atoms with E-state index in [0.717, 1.165) is 10.9 Å². The molecule has 12 heavy (non-hydrogen) atoms. The summed E-state index contributed by atoms with van der Waals surface area (Å²) < 4.78 is 0. The van der Waals surface area contributed by atoms with E-state index < -0.39 is 0 Å². The molecule has 0 atom stereocenters. The first kappa shape index (κ1) is 7.16. The minimum absolute atomic E-state index is 0.589. The van der Waals surface area contributed by atoms with Gasteiger partial charge in [0.25, 0.3) is 0 Å². The third-order valence-corrected chi connectivity index (χ3v) is 2.17. The summed E-state index contributed by atoms with van der Waals surface area (Å²) in [5.74, 6) is 0.589. The largest absolute Gasteiger partial charge is 0.382 e. The fourth-order valence-electron chi connectivity index (χ4n) is 1.46. The molecule has 0 amide bonds. The number of anilines is 1. The molecule has 0 radical (unpaired) electrons. The summed E-state index contributed by atoms with van der Waals surface area (Å²) in [6.45, 7) is 4.08. The lowest BCUT2D eigenvalue weighted by Crippen LogP contribution is -1.86. The van der Waals surface area contributed by atoms with E-state index in [-0.39, 0.29) is 0 Å². The Labute approximate surface area is 70.6 Å². The minimum Gasteiger partial charge on any atom is -0.382 e. The van der Waals surface area contributed by atoms with Gasteiger partial charge in [0, 0.05) is 5.39 Å². The zero-order valence-electron chi connectivity index (χ0n) is 7.18. The molecule has 1 heterocycles. The number of nitrogens with zero attached hydrogens (tertiary/aromatic N) is 1. The molecule has 3 N–H and O–H groups in total. The average molecular weight is 161 g/mol. The van der Waals surface area contributed by atoms with Gasteiger partial charge in [0.15, 0.2) is 5.82 Å². The van der Waals surface area contributed by atoms with Crippen molar-refractivity contribution < 1.29 is 0 Å². The number of nitrogen functional groups attached to an aromatic ring is 1. The Bertz CT molecular complexity index is 429. The first-order valence-corrected chi connectivity index (χ1v) is 3.90. The van der Waals surface area contributed by atoms with Gasteiger partial charge in [-0.3, -0.25) is 5.10 Å². The van der Waals surface area contributed by atoms with Gasteiger partial charge in [0.2, 0.25) is 0 Å². The molecule has 0 spiro atoms. The molecule has 0 aliphatic carbocycles. The summed E-state index contributed by atoms with van der Waals surface area (Å²) in [7, 11) is 0. The highest BCUT2D eigenvalue weighted by molar-refractivity contribution is 5.93. The second-order valence-corrected chi connectivity index (χ2v) is 3.06. The molecule has 2 aromatic rings. The van der Waals surface area contributed by atoms with Gasteiger partial charge >= 0.3 is 0 Å². The second-order valence-electron chi connectivity index (χ2n) is 3.06. The maximum atomic E-state index is 5.70. The summed E-state index contributed by atoms with van der Waals surface area (Å²) in [6.07, 6.45) is 0. The summed E-state index contributed by atoms with van der Waals surface area (Å²) in [4.78, 5) is 0. The maximum absolute atomic E-state index is 5.70. The number of fused-ring (bicyclic) bond motifs is 1. The van der Waals surface area contributed by atoms with Crippen molar-refractivity contribution >= 4 is 16.7 Å². The third-order valence-electron chi connectivity index (χ3n) is 2.17. The lowest BCUT2D eigenvalue weighted by atomic mass is 10.1. The summed E-state index contributed by atoms with van der Waals surface area (Å²) >= 11 is 0. The molecule has 0 saturated carbocycles. The van der Waals surface area contributed by atoms with Crippen molar-refractivity contribution in [3.05, 3.63) is 23.3 Å². The summed E-state index contributed by atoms with van der Waals surface area (Å²) in [6, 6.07) is 4.12. The van der Waals surface area contributed by atoms with E-state index in [1.54, 1.807) is 0 Å². The van der Waals surface area contributed by atoms with E-state index in [0.29, 0.717) is 5.82 Å². The molecule has 0 aliphatic rings. The van der Waals surface area contributed by atoms with Crippen molar-refractivity contribution in [3.63, 3.8) is 0 Å². The number of rotatable bonds is 0. The number of hydrogen-bond donors (Lipinski definition) is 2. The average Bonchev–Trinajstić information content (AvgIpc) is 2.42. The highest BCUT2D eigenvalue weighted by Crippen LogP contribution is 2.24. The molecular weight excluding hydrogens is 150 g/mol. The Morgan fingerprint density at radius 3 is 2.58 bits per heavy atom. The Kier molecular flexibility index (Phi) is 1.33. The lowest BCUT2D eigenvalue weighted by molar-refractivity contribution is 1.12. The zero-order valence-corrected chi connectivity index (χ0v) is 7.18. The Morgan fingerprint density at radius 2 is 1.92 bits per heavy atom. The van der Waals surface area contributed by atoms with E-state index in [1.165, 1.54) is 11.1 Å². The number of hydrogen-bond acceptors (Lipinski definition) is 2. The van der Waals surface area contributed by atoms with Crippen LogP contribution >= 0.6 is 0 Å². The molecule has 0 bridgehead atoms. The SMILES string of the molecule is Cc1ccc(C)c2c(N)n[nH]c12. The maximum Gasteiger partial charge on any atom is 0.153 e. The molecule has 3 heteroatoms. The van der Waals surface area contributed by atoms with E-state index in [9.17, 15) is 0 Å². The normalized spacial score (nSPS) is 10.8. The monoisotopic (exact) mass is 161 g/mol. The van der Waals surface area contributed by atoms with Gasteiger partial charge in [-0.25, -0.2) is 0 Å². The number of nitrogens with one attached hydrogen (secondary N) is 1. The van der Waals surface area contributed by atoms with Crippen LogP contribution in [0.5, 0.6) is 0 Å². The van der Waals surface area contributed by atoms with Crippen LogP contribution in [0.1, 0.15) is 11.1 Å². The van der Waals surface area contributed by atoms with E-state index in [2.05, 4.69) is 22.3 Å². The molecule has 62 valence electrons. The number of benzene rings is 1. The van der Waals surface area contributed by atoms with E-state index in [4.69, 9.17) is 5.73 Å². The standard InChI is InChI=1S/C9H11N3/c1-5-3-4-6(2)8-7(5)9(10)12-11-8/h3-4H,1-2H3,(H3,10,11,12). The van der Waals surface area contributed by atoms with Crippen LogP contribution in [0.2, 0.25) is 0 Å². The van der Waals surface area contributed by atoms with Crippen molar-refractivity contribution in [1.82, 2.24) is 10.2 Å². The Balaban J connectivity index is 2.98. The highest BCUT2D eigenvalue weighted by Gasteiger charge is 2.06. The van der Waals surface area contributed by atoms with Crippen molar-refractivity contribution in [3.8, 4) is 0 Å². The van der Waals surface area contributed by atoms with Gasteiger partial charge < -0.3 is 5.73 Å². The van der Waals surface area contributed by atoms with Gasteiger partial charge in [-0.2, -0.15) is 5.10 Å². The fraction of sp³-hybridized carbons (Fsp3) is 0.222.